The van der Waals surface area contributed by atoms with E-state index >= 15 is 0 Å². The second kappa shape index (κ2) is 8.53. The van der Waals surface area contributed by atoms with Gasteiger partial charge in [0.2, 0.25) is 10.0 Å². The van der Waals surface area contributed by atoms with E-state index < -0.39 is 10.0 Å². The number of halogens is 1. The van der Waals surface area contributed by atoms with E-state index in [-0.39, 0.29) is 24.0 Å². The fourth-order valence-corrected chi connectivity index (χ4v) is 5.92. The van der Waals surface area contributed by atoms with Gasteiger partial charge in [-0.25, -0.2) is 12.7 Å². The Morgan fingerprint density at radius 3 is 2.50 bits per heavy atom. The molecule has 0 aromatic rings. The van der Waals surface area contributed by atoms with Crippen molar-refractivity contribution in [1.29, 1.82) is 0 Å². The summed E-state index contributed by atoms with van der Waals surface area (Å²) in [4.78, 5) is 6.78. The van der Waals surface area contributed by atoms with Crippen LogP contribution in [0.1, 0.15) is 44.9 Å². The molecule has 1 spiro atoms. The Morgan fingerprint density at radius 2 is 1.88 bits per heavy atom. The molecule has 0 aromatic carbocycles. The van der Waals surface area contributed by atoms with Gasteiger partial charge >= 0.3 is 0 Å². The highest BCUT2D eigenvalue weighted by Crippen LogP contribution is 2.43. The smallest absolute Gasteiger partial charge is 0.214 e. The standard InChI is InChI=1S/C16H30N4O2S.HI/c1-17-15(18-9-12-20-10-5-13-23(20,21)22)19-11-8-16(14-19)6-3-2-4-7-16;/h2-14H2,1H3,(H,17,18);1H. The fourth-order valence-electron chi connectivity index (χ4n) is 4.39. The van der Waals surface area contributed by atoms with Gasteiger partial charge in [0.15, 0.2) is 5.96 Å². The molecule has 1 saturated carbocycles. The summed E-state index contributed by atoms with van der Waals surface area (Å²) in [5, 5.41) is 3.37. The number of hydrogen-bond donors (Lipinski definition) is 1. The van der Waals surface area contributed by atoms with Crippen molar-refractivity contribution in [3.05, 3.63) is 0 Å². The van der Waals surface area contributed by atoms with E-state index in [1.807, 2.05) is 7.05 Å². The first kappa shape index (κ1) is 20.2. The Labute approximate surface area is 163 Å². The molecule has 1 aliphatic carbocycles. The SMILES string of the molecule is CN=C(NCCN1CCCS1(=O)=O)N1CCC2(CCCCC2)C1.I. The van der Waals surface area contributed by atoms with E-state index in [9.17, 15) is 8.42 Å². The summed E-state index contributed by atoms with van der Waals surface area (Å²) < 4.78 is 25.2. The van der Waals surface area contributed by atoms with Crippen molar-refractivity contribution in [3.8, 4) is 0 Å². The van der Waals surface area contributed by atoms with E-state index in [1.165, 1.54) is 38.5 Å². The predicted molar refractivity (Wildman–Crippen MR) is 108 cm³/mol. The summed E-state index contributed by atoms with van der Waals surface area (Å²) in [6.07, 6.45) is 8.86. The number of hydrogen-bond acceptors (Lipinski definition) is 3. The summed E-state index contributed by atoms with van der Waals surface area (Å²) >= 11 is 0. The molecule has 0 amide bonds. The lowest BCUT2D eigenvalue weighted by Crippen LogP contribution is -2.44. The van der Waals surface area contributed by atoms with Crippen molar-refractivity contribution >= 4 is 40.0 Å². The van der Waals surface area contributed by atoms with E-state index in [2.05, 4.69) is 15.2 Å². The highest BCUT2D eigenvalue weighted by Gasteiger charge is 2.39. The van der Waals surface area contributed by atoms with Crippen LogP contribution in [0.2, 0.25) is 0 Å². The predicted octanol–water partition coefficient (Wildman–Crippen LogP) is 1.87. The van der Waals surface area contributed by atoms with Gasteiger partial charge in [-0.15, -0.1) is 24.0 Å². The number of nitrogens with zero attached hydrogens (tertiary/aromatic N) is 3. The van der Waals surface area contributed by atoms with Gasteiger partial charge in [0.25, 0.3) is 0 Å². The van der Waals surface area contributed by atoms with E-state index in [0.29, 0.717) is 30.8 Å². The highest BCUT2D eigenvalue weighted by atomic mass is 127. The van der Waals surface area contributed by atoms with Crippen LogP contribution < -0.4 is 5.32 Å². The monoisotopic (exact) mass is 470 g/mol. The first-order valence-electron chi connectivity index (χ1n) is 8.98. The lowest BCUT2D eigenvalue weighted by atomic mass is 9.73. The number of rotatable bonds is 3. The molecule has 3 rings (SSSR count). The Morgan fingerprint density at radius 1 is 1.12 bits per heavy atom. The van der Waals surface area contributed by atoms with Crippen LogP contribution in [0.4, 0.5) is 0 Å². The van der Waals surface area contributed by atoms with Gasteiger partial charge in [0.05, 0.1) is 5.75 Å². The van der Waals surface area contributed by atoms with Crippen LogP contribution in [-0.4, -0.2) is 69.1 Å². The Kier molecular flexibility index (Phi) is 7.19. The topological polar surface area (TPSA) is 65.0 Å². The van der Waals surface area contributed by atoms with Gasteiger partial charge in [-0.1, -0.05) is 19.3 Å². The van der Waals surface area contributed by atoms with Crippen LogP contribution in [0.25, 0.3) is 0 Å². The first-order chi connectivity index (χ1) is 11.0. The van der Waals surface area contributed by atoms with Crippen molar-refractivity contribution in [3.63, 3.8) is 0 Å². The molecule has 8 heteroatoms. The zero-order chi connectivity index (χ0) is 16.3. The van der Waals surface area contributed by atoms with Crippen LogP contribution in [-0.2, 0) is 10.0 Å². The Bertz CT molecular complexity index is 546. The minimum Gasteiger partial charge on any atom is -0.355 e. The third-order valence-corrected chi connectivity index (χ3v) is 7.67. The lowest BCUT2D eigenvalue weighted by molar-refractivity contribution is 0.203. The van der Waals surface area contributed by atoms with Gasteiger partial charge in [0, 0.05) is 39.8 Å². The molecular formula is C16H31IN4O2S. The van der Waals surface area contributed by atoms with Gasteiger partial charge in [-0.05, 0) is 31.1 Å². The second-order valence-electron chi connectivity index (χ2n) is 7.27. The van der Waals surface area contributed by atoms with Crippen molar-refractivity contribution in [2.75, 3.05) is 45.5 Å². The van der Waals surface area contributed by atoms with Crippen molar-refractivity contribution < 1.29 is 8.42 Å². The van der Waals surface area contributed by atoms with Gasteiger partial charge < -0.3 is 10.2 Å². The maximum absolute atomic E-state index is 11.8. The zero-order valence-corrected chi connectivity index (χ0v) is 17.8. The molecule has 3 aliphatic rings. The van der Waals surface area contributed by atoms with Gasteiger partial charge in [-0.3, -0.25) is 4.99 Å². The third-order valence-electron chi connectivity index (χ3n) is 5.71. The zero-order valence-electron chi connectivity index (χ0n) is 14.7. The van der Waals surface area contributed by atoms with Crippen molar-refractivity contribution in [2.24, 2.45) is 10.4 Å². The van der Waals surface area contributed by atoms with Crippen LogP contribution >= 0.6 is 24.0 Å². The molecule has 6 nitrogen and oxygen atoms in total. The maximum Gasteiger partial charge on any atom is 0.214 e. The van der Waals surface area contributed by atoms with Crippen LogP contribution in [0, 0.1) is 5.41 Å². The Hall–Kier alpha value is -0.0900. The minimum atomic E-state index is -2.99. The summed E-state index contributed by atoms with van der Waals surface area (Å²) in [6.45, 7) is 4.02. The molecule has 140 valence electrons. The lowest BCUT2D eigenvalue weighted by Gasteiger charge is -2.33. The molecule has 24 heavy (non-hydrogen) atoms. The second-order valence-corrected chi connectivity index (χ2v) is 9.36. The molecule has 0 bridgehead atoms. The molecule has 2 heterocycles. The third kappa shape index (κ3) is 4.55. The molecule has 0 radical (unpaired) electrons. The summed E-state index contributed by atoms with van der Waals surface area (Å²) in [6, 6.07) is 0. The number of likely N-dealkylation sites (tertiary alicyclic amines) is 1. The normalized spacial score (nSPS) is 26.5. The summed E-state index contributed by atoms with van der Waals surface area (Å²) in [7, 11) is -1.17. The van der Waals surface area contributed by atoms with Crippen LogP contribution in [0.3, 0.4) is 0 Å². The number of nitrogens with one attached hydrogen (secondary N) is 1. The van der Waals surface area contributed by atoms with E-state index in [0.717, 1.165) is 25.5 Å². The molecule has 2 saturated heterocycles. The minimum absolute atomic E-state index is 0. The van der Waals surface area contributed by atoms with Crippen LogP contribution in [0.15, 0.2) is 4.99 Å². The summed E-state index contributed by atoms with van der Waals surface area (Å²) in [5.74, 6) is 1.24. The van der Waals surface area contributed by atoms with E-state index in [4.69, 9.17) is 0 Å². The fraction of sp³-hybridized carbons (Fsp3) is 0.938. The Balaban J connectivity index is 0.00000208. The average Bonchev–Trinajstić information content (AvgIpc) is 3.08. The molecule has 0 aromatic heterocycles. The molecule has 2 aliphatic heterocycles. The molecule has 0 atom stereocenters. The average molecular weight is 470 g/mol. The highest BCUT2D eigenvalue weighted by molar-refractivity contribution is 14.0. The quantitative estimate of drug-likeness (QED) is 0.389. The van der Waals surface area contributed by atoms with Crippen LogP contribution in [0.5, 0.6) is 0 Å². The molecule has 3 fully saturated rings. The largest absolute Gasteiger partial charge is 0.355 e. The number of guanidine groups is 1. The molecule has 1 N–H and O–H groups in total. The molecular weight excluding hydrogens is 439 g/mol. The van der Waals surface area contributed by atoms with Crippen molar-refractivity contribution in [2.45, 2.75) is 44.9 Å². The van der Waals surface area contributed by atoms with E-state index in [1.54, 1.807) is 4.31 Å². The molecule has 0 unspecified atom stereocenters. The maximum atomic E-state index is 11.8. The first-order valence-corrected chi connectivity index (χ1v) is 10.6. The van der Waals surface area contributed by atoms with Gasteiger partial charge in [-0.2, -0.15) is 0 Å². The number of aliphatic imine (C=N–C) groups is 1. The van der Waals surface area contributed by atoms with Gasteiger partial charge in [0.1, 0.15) is 0 Å². The van der Waals surface area contributed by atoms with Crippen molar-refractivity contribution in [1.82, 2.24) is 14.5 Å². The summed E-state index contributed by atoms with van der Waals surface area (Å²) in [5.41, 5.74) is 0.508. The number of sulfonamides is 1.